The Kier molecular flexibility index (Phi) is 9.13. The van der Waals surface area contributed by atoms with Crippen molar-refractivity contribution in [3.63, 3.8) is 0 Å². The van der Waals surface area contributed by atoms with Crippen molar-refractivity contribution in [2.45, 2.75) is 78.1 Å². The molecule has 134 valence electrons. The second-order valence-corrected chi connectivity index (χ2v) is 6.41. The Morgan fingerprint density at radius 1 is 0.792 bits per heavy atom. The summed E-state index contributed by atoms with van der Waals surface area (Å²) in [6.07, 6.45) is 10.1. The molecule has 0 spiro atoms. The van der Waals surface area contributed by atoms with E-state index in [1.54, 1.807) is 6.07 Å². The van der Waals surface area contributed by atoms with Gasteiger partial charge < -0.3 is 10.2 Å². The summed E-state index contributed by atoms with van der Waals surface area (Å²) in [6.45, 7) is 4.28. The standard InChI is InChI=1S/C20H30O4/c1-3-5-7-9-11-15-13-16(12-10-8-6-4-2)18(20(23)24)17(14-15)19(21)22/h13-14H,3-12H2,1-2H3,(H,21,22)(H,23,24). The highest BCUT2D eigenvalue weighted by Gasteiger charge is 2.21. The predicted octanol–water partition coefficient (Wildman–Crippen LogP) is 5.33. The van der Waals surface area contributed by atoms with E-state index in [0.29, 0.717) is 12.0 Å². The number of carboxylic acids is 2. The first-order valence-electron chi connectivity index (χ1n) is 9.13. The summed E-state index contributed by atoms with van der Waals surface area (Å²) >= 11 is 0. The molecule has 4 heteroatoms. The normalized spacial score (nSPS) is 10.8. The Morgan fingerprint density at radius 2 is 1.38 bits per heavy atom. The summed E-state index contributed by atoms with van der Waals surface area (Å²) < 4.78 is 0. The van der Waals surface area contributed by atoms with Gasteiger partial charge in [-0.15, -0.1) is 0 Å². The van der Waals surface area contributed by atoms with Crippen LogP contribution in [0.2, 0.25) is 0 Å². The van der Waals surface area contributed by atoms with E-state index in [4.69, 9.17) is 0 Å². The van der Waals surface area contributed by atoms with Crippen molar-refractivity contribution in [3.8, 4) is 0 Å². The highest BCUT2D eigenvalue weighted by Crippen LogP contribution is 2.22. The van der Waals surface area contributed by atoms with Crippen LogP contribution in [-0.2, 0) is 12.8 Å². The van der Waals surface area contributed by atoms with Gasteiger partial charge in [0.05, 0.1) is 11.1 Å². The quantitative estimate of drug-likeness (QED) is 0.507. The van der Waals surface area contributed by atoms with Gasteiger partial charge >= 0.3 is 11.9 Å². The van der Waals surface area contributed by atoms with Crippen LogP contribution >= 0.6 is 0 Å². The number of aromatic carboxylic acids is 2. The van der Waals surface area contributed by atoms with Gasteiger partial charge in [-0.25, -0.2) is 9.59 Å². The van der Waals surface area contributed by atoms with E-state index in [1.165, 1.54) is 6.42 Å². The van der Waals surface area contributed by atoms with E-state index < -0.39 is 11.9 Å². The summed E-state index contributed by atoms with van der Waals surface area (Å²) in [5.41, 5.74) is 1.51. The van der Waals surface area contributed by atoms with Crippen LogP contribution in [0, 0.1) is 0 Å². The molecule has 0 saturated carbocycles. The smallest absolute Gasteiger partial charge is 0.336 e. The molecule has 1 aromatic carbocycles. The molecule has 0 unspecified atom stereocenters. The van der Waals surface area contributed by atoms with E-state index in [1.807, 2.05) is 6.07 Å². The lowest BCUT2D eigenvalue weighted by Crippen LogP contribution is -2.13. The Labute approximate surface area is 144 Å². The zero-order chi connectivity index (χ0) is 17.9. The molecule has 1 aromatic rings. The molecule has 1 rings (SSSR count). The third kappa shape index (κ3) is 6.34. The number of carboxylic acid groups (broad SMARTS) is 2. The SMILES string of the molecule is CCCCCCc1cc(CCCCCC)c(C(=O)O)c(C(=O)O)c1. The number of aryl methyl sites for hydroxylation is 2. The fourth-order valence-corrected chi connectivity index (χ4v) is 3.03. The maximum absolute atomic E-state index is 11.6. The van der Waals surface area contributed by atoms with Gasteiger partial charge in [-0.3, -0.25) is 0 Å². The molecule has 0 radical (unpaired) electrons. The van der Waals surface area contributed by atoms with Crippen LogP contribution in [-0.4, -0.2) is 22.2 Å². The van der Waals surface area contributed by atoms with Gasteiger partial charge in [0.15, 0.2) is 0 Å². The minimum Gasteiger partial charge on any atom is -0.478 e. The van der Waals surface area contributed by atoms with E-state index in [0.717, 1.165) is 56.9 Å². The topological polar surface area (TPSA) is 74.6 Å². The summed E-state index contributed by atoms with van der Waals surface area (Å²) in [7, 11) is 0. The average Bonchev–Trinajstić information content (AvgIpc) is 2.54. The molecule has 24 heavy (non-hydrogen) atoms. The molecular weight excluding hydrogens is 304 g/mol. The molecule has 0 aliphatic rings. The van der Waals surface area contributed by atoms with Gasteiger partial charge in [0, 0.05) is 0 Å². The van der Waals surface area contributed by atoms with E-state index in [2.05, 4.69) is 13.8 Å². The van der Waals surface area contributed by atoms with Crippen molar-refractivity contribution in [2.24, 2.45) is 0 Å². The molecule has 0 aromatic heterocycles. The van der Waals surface area contributed by atoms with Gasteiger partial charge in [-0.05, 0) is 42.9 Å². The molecule has 0 saturated heterocycles. The largest absolute Gasteiger partial charge is 0.478 e. The Morgan fingerprint density at radius 3 is 1.88 bits per heavy atom. The Balaban J connectivity index is 3.02. The van der Waals surface area contributed by atoms with Gasteiger partial charge in [-0.2, -0.15) is 0 Å². The second kappa shape index (κ2) is 10.8. The third-order valence-corrected chi connectivity index (χ3v) is 4.34. The van der Waals surface area contributed by atoms with Crippen LogP contribution < -0.4 is 0 Å². The van der Waals surface area contributed by atoms with E-state index in [-0.39, 0.29) is 11.1 Å². The van der Waals surface area contributed by atoms with Crippen molar-refractivity contribution in [1.82, 2.24) is 0 Å². The molecule has 0 aliphatic carbocycles. The summed E-state index contributed by atoms with van der Waals surface area (Å²) in [6, 6.07) is 3.46. The summed E-state index contributed by atoms with van der Waals surface area (Å²) in [5, 5.41) is 18.9. The first-order chi connectivity index (χ1) is 11.5. The highest BCUT2D eigenvalue weighted by molar-refractivity contribution is 6.03. The monoisotopic (exact) mass is 334 g/mol. The lowest BCUT2D eigenvalue weighted by molar-refractivity contribution is 0.0650. The molecule has 0 bridgehead atoms. The first-order valence-corrected chi connectivity index (χ1v) is 9.13. The lowest BCUT2D eigenvalue weighted by atomic mass is 9.92. The number of unbranched alkanes of at least 4 members (excludes halogenated alkanes) is 6. The molecule has 0 heterocycles. The van der Waals surface area contributed by atoms with Crippen molar-refractivity contribution in [3.05, 3.63) is 34.4 Å². The molecule has 0 fully saturated rings. The Bertz CT molecular complexity index is 549. The third-order valence-electron chi connectivity index (χ3n) is 4.34. The van der Waals surface area contributed by atoms with Crippen LogP contribution in [0.1, 0.15) is 97.1 Å². The van der Waals surface area contributed by atoms with Crippen LogP contribution in [0.5, 0.6) is 0 Å². The molecule has 2 N–H and O–H groups in total. The van der Waals surface area contributed by atoms with Crippen molar-refractivity contribution >= 4 is 11.9 Å². The van der Waals surface area contributed by atoms with Crippen LogP contribution in [0.4, 0.5) is 0 Å². The highest BCUT2D eigenvalue weighted by atomic mass is 16.4. The number of rotatable bonds is 12. The van der Waals surface area contributed by atoms with Crippen LogP contribution in [0.3, 0.4) is 0 Å². The van der Waals surface area contributed by atoms with Crippen molar-refractivity contribution < 1.29 is 19.8 Å². The second-order valence-electron chi connectivity index (χ2n) is 6.41. The molecule has 0 aliphatic heterocycles. The van der Waals surface area contributed by atoms with E-state index >= 15 is 0 Å². The predicted molar refractivity (Wildman–Crippen MR) is 96.1 cm³/mol. The Hall–Kier alpha value is -1.84. The molecule has 4 nitrogen and oxygen atoms in total. The number of carbonyl (C=O) groups is 2. The zero-order valence-electron chi connectivity index (χ0n) is 14.9. The maximum Gasteiger partial charge on any atom is 0.336 e. The minimum absolute atomic E-state index is 0.0312. The number of benzene rings is 1. The van der Waals surface area contributed by atoms with Crippen LogP contribution in [0.15, 0.2) is 12.1 Å². The summed E-state index contributed by atoms with van der Waals surface area (Å²) in [5.74, 6) is -2.30. The first kappa shape index (κ1) is 20.2. The minimum atomic E-state index is -1.15. The molecule has 0 amide bonds. The fraction of sp³-hybridized carbons (Fsp3) is 0.600. The zero-order valence-corrected chi connectivity index (χ0v) is 14.9. The van der Waals surface area contributed by atoms with E-state index in [9.17, 15) is 19.8 Å². The maximum atomic E-state index is 11.6. The summed E-state index contributed by atoms with van der Waals surface area (Å²) in [4.78, 5) is 23.1. The van der Waals surface area contributed by atoms with Crippen molar-refractivity contribution in [2.75, 3.05) is 0 Å². The van der Waals surface area contributed by atoms with Crippen molar-refractivity contribution in [1.29, 1.82) is 0 Å². The van der Waals surface area contributed by atoms with Gasteiger partial charge in [0.25, 0.3) is 0 Å². The van der Waals surface area contributed by atoms with Gasteiger partial charge in [0.1, 0.15) is 0 Å². The van der Waals surface area contributed by atoms with Gasteiger partial charge in [0.2, 0.25) is 0 Å². The molecular formula is C20H30O4. The molecule has 0 atom stereocenters. The number of hydrogen-bond acceptors (Lipinski definition) is 2. The lowest BCUT2D eigenvalue weighted by Gasteiger charge is -2.13. The fourth-order valence-electron chi connectivity index (χ4n) is 3.03. The van der Waals surface area contributed by atoms with Crippen LogP contribution in [0.25, 0.3) is 0 Å². The average molecular weight is 334 g/mol. The number of hydrogen-bond donors (Lipinski definition) is 2. The van der Waals surface area contributed by atoms with Gasteiger partial charge in [-0.1, -0.05) is 58.4 Å².